The van der Waals surface area contributed by atoms with Crippen LogP contribution >= 0.6 is 8.58 Å². The summed E-state index contributed by atoms with van der Waals surface area (Å²) in [4.78, 5) is 0. The second-order valence-electron chi connectivity index (χ2n) is 1.93. The summed E-state index contributed by atoms with van der Waals surface area (Å²) >= 11 is 0. The maximum absolute atomic E-state index is 1.58. The summed E-state index contributed by atoms with van der Waals surface area (Å²) in [5.41, 5.74) is 0. The van der Waals surface area contributed by atoms with Crippen LogP contribution in [0.15, 0.2) is 0 Å². The van der Waals surface area contributed by atoms with Crippen molar-refractivity contribution in [3.05, 3.63) is 0 Å². The number of hydrogen-bond acceptors (Lipinski definition) is 0. The first-order valence-electron chi connectivity index (χ1n) is 2.82. The van der Waals surface area contributed by atoms with Crippen LogP contribution in [0.25, 0.3) is 0 Å². The number of hydrogen-bond donors (Lipinski definition) is 0. The summed E-state index contributed by atoms with van der Waals surface area (Å²) in [5, 5.41) is 0. The molecule has 1 saturated heterocycles. The summed E-state index contributed by atoms with van der Waals surface area (Å²) in [7, 11) is 0.905. The molecule has 0 radical (unpaired) electrons. The quantitative estimate of drug-likeness (QED) is 0.354. The van der Waals surface area contributed by atoms with Gasteiger partial charge in [-0.05, 0) is 27.8 Å². The molecule has 0 amide bonds. The maximum Gasteiger partial charge on any atom is 0.0549 e. The monoisotopic (exact) mass is 230 g/mol. The second kappa shape index (κ2) is 5.30. The summed E-state index contributed by atoms with van der Waals surface area (Å²) in [6.07, 6.45) is 7.76. The van der Waals surface area contributed by atoms with Crippen molar-refractivity contribution in [1.82, 2.24) is 0 Å². The first-order valence-corrected chi connectivity index (χ1v) is 4.45. The largest absolute Gasteiger partial charge is 1.00 e. The van der Waals surface area contributed by atoms with Crippen LogP contribution in [0.5, 0.6) is 0 Å². The minimum atomic E-state index is 0. The van der Waals surface area contributed by atoms with Gasteiger partial charge in [-0.15, -0.1) is 0 Å². The minimum absolute atomic E-state index is 0. The lowest BCUT2D eigenvalue weighted by Crippen LogP contribution is -3.00. The molecule has 1 rings (SSSR count). The lowest BCUT2D eigenvalue weighted by atomic mass is 10.3. The van der Waals surface area contributed by atoms with E-state index in [0.29, 0.717) is 0 Å². The van der Waals surface area contributed by atoms with Gasteiger partial charge in [-0.2, -0.15) is 0 Å². The molecule has 2 heteroatoms. The molecule has 1 aliphatic heterocycles. The van der Waals surface area contributed by atoms with E-state index in [1.54, 1.807) is 12.3 Å². The van der Waals surface area contributed by atoms with Gasteiger partial charge >= 0.3 is 0 Å². The summed E-state index contributed by atoms with van der Waals surface area (Å²) in [5.74, 6) is 0. The molecule has 0 aromatic rings. The summed E-state index contributed by atoms with van der Waals surface area (Å²) < 4.78 is 0. The summed E-state index contributed by atoms with van der Waals surface area (Å²) in [6, 6.07) is 0. The molecule has 0 nitrogen and oxygen atoms in total. The molecular formula is C5H12IP. The molecule has 0 atom stereocenters. The molecule has 1 aliphatic rings. The van der Waals surface area contributed by atoms with Gasteiger partial charge in [0.15, 0.2) is 0 Å². The number of rotatable bonds is 0. The molecule has 0 aromatic carbocycles. The van der Waals surface area contributed by atoms with Gasteiger partial charge in [0.05, 0.1) is 12.3 Å². The lowest BCUT2D eigenvalue weighted by molar-refractivity contribution is -0.00000124. The average Bonchev–Trinajstić information content (AvgIpc) is 1.72. The van der Waals surface area contributed by atoms with Gasteiger partial charge in [-0.25, -0.2) is 0 Å². The Morgan fingerprint density at radius 3 is 1.57 bits per heavy atom. The Labute approximate surface area is 64.3 Å². The molecule has 0 saturated carbocycles. The van der Waals surface area contributed by atoms with Crippen LogP contribution in [0, 0.1) is 0 Å². The normalized spacial score (nSPS) is 20.6. The Morgan fingerprint density at radius 1 is 0.857 bits per heavy atom. The highest BCUT2D eigenvalue weighted by Gasteiger charge is 2.01. The molecule has 0 aromatic heterocycles. The van der Waals surface area contributed by atoms with Crippen LogP contribution in [0.2, 0.25) is 0 Å². The van der Waals surface area contributed by atoms with Crippen molar-refractivity contribution < 1.29 is 24.0 Å². The molecule has 0 aliphatic carbocycles. The third-order valence-electron chi connectivity index (χ3n) is 1.32. The zero-order chi connectivity index (χ0) is 4.24. The predicted octanol–water partition coefficient (Wildman–Crippen LogP) is -1.41. The van der Waals surface area contributed by atoms with Crippen molar-refractivity contribution in [3.8, 4) is 0 Å². The number of halogens is 1. The minimum Gasteiger partial charge on any atom is -1.00 e. The van der Waals surface area contributed by atoms with Crippen molar-refractivity contribution >= 4 is 8.58 Å². The topological polar surface area (TPSA) is 0 Å². The third-order valence-corrected chi connectivity index (χ3v) is 2.95. The zero-order valence-corrected chi connectivity index (χ0v) is 7.80. The van der Waals surface area contributed by atoms with E-state index < -0.39 is 0 Å². The lowest BCUT2D eigenvalue weighted by Gasteiger charge is -2.00. The van der Waals surface area contributed by atoms with E-state index in [1.807, 2.05) is 0 Å². The Balaban J connectivity index is 0.000000360. The highest BCUT2D eigenvalue weighted by atomic mass is 127. The first-order chi connectivity index (χ1) is 3.00. The molecule has 7 heavy (non-hydrogen) atoms. The maximum atomic E-state index is 1.58. The van der Waals surface area contributed by atoms with Gasteiger partial charge < -0.3 is 24.0 Å². The van der Waals surface area contributed by atoms with Crippen molar-refractivity contribution in [3.63, 3.8) is 0 Å². The molecule has 0 bridgehead atoms. The Morgan fingerprint density at radius 2 is 1.43 bits per heavy atom. The highest BCUT2D eigenvalue weighted by molar-refractivity contribution is 7.38. The van der Waals surface area contributed by atoms with Crippen molar-refractivity contribution in [2.24, 2.45) is 0 Å². The standard InChI is InChI=1S/C5H11P.HI/c1-2-4-6-5-3-1;/h6H,1-5H2;1H. The fraction of sp³-hybridized carbons (Fsp3) is 1.00. The second-order valence-corrected chi connectivity index (χ2v) is 3.66. The fourth-order valence-electron chi connectivity index (χ4n) is 0.898. The van der Waals surface area contributed by atoms with Crippen LogP contribution < -0.4 is 24.0 Å². The van der Waals surface area contributed by atoms with Crippen molar-refractivity contribution in [1.29, 1.82) is 0 Å². The van der Waals surface area contributed by atoms with Crippen LogP contribution in [0.4, 0.5) is 0 Å². The van der Waals surface area contributed by atoms with Gasteiger partial charge in [0, 0.05) is 0 Å². The molecule has 1 fully saturated rings. The van der Waals surface area contributed by atoms with Crippen LogP contribution in [0.3, 0.4) is 0 Å². The van der Waals surface area contributed by atoms with Crippen molar-refractivity contribution in [2.75, 3.05) is 12.3 Å². The molecule has 44 valence electrons. The Bertz CT molecular complexity index is 23.6. The van der Waals surface area contributed by atoms with Crippen molar-refractivity contribution in [2.45, 2.75) is 19.3 Å². The Hall–Kier alpha value is 1.16. The van der Waals surface area contributed by atoms with Gasteiger partial charge in [0.25, 0.3) is 0 Å². The Kier molecular flexibility index (Phi) is 6.18. The van der Waals surface area contributed by atoms with Gasteiger partial charge in [-0.3, -0.25) is 0 Å². The average molecular weight is 230 g/mol. The zero-order valence-electron chi connectivity index (χ0n) is 4.49. The smallest absolute Gasteiger partial charge is 0.0549 e. The first kappa shape index (κ1) is 8.16. The molecule has 0 N–H and O–H groups in total. The van der Waals surface area contributed by atoms with E-state index in [1.165, 1.54) is 19.3 Å². The SMILES string of the molecule is C1CC[PH2+]CC1.[I-]. The predicted molar refractivity (Wildman–Crippen MR) is 33.3 cm³/mol. The van der Waals surface area contributed by atoms with Gasteiger partial charge in [-0.1, -0.05) is 0 Å². The van der Waals surface area contributed by atoms with Gasteiger partial charge in [0.2, 0.25) is 0 Å². The third kappa shape index (κ3) is 3.72. The van der Waals surface area contributed by atoms with Crippen LogP contribution in [0.1, 0.15) is 19.3 Å². The van der Waals surface area contributed by atoms with E-state index in [9.17, 15) is 0 Å². The van der Waals surface area contributed by atoms with E-state index >= 15 is 0 Å². The fourth-order valence-corrected chi connectivity index (χ4v) is 2.34. The van der Waals surface area contributed by atoms with Crippen LogP contribution in [-0.4, -0.2) is 12.3 Å². The van der Waals surface area contributed by atoms with E-state index in [-0.39, 0.29) is 24.0 Å². The molecule has 1 heterocycles. The van der Waals surface area contributed by atoms with Crippen LogP contribution in [-0.2, 0) is 0 Å². The van der Waals surface area contributed by atoms with Gasteiger partial charge in [0.1, 0.15) is 0 Å². The highest BCUT2D eigenvalue weighted by Crippen LogP contribution is 2.21. The molecule has 0 spiro atoms. The molecular weight excluding hydrogens is 218 g/mol. The van der Waals surface area contributed by atoms with E-state index in [2.05, 4.69) is 0 Å². The molecule has 0 unspecified atom stereocenters. The van der Waals surface area contributed by atoms with E-state index in [0.717, 1.165) is 8.58 Å². The van der Waals surface area contributed by atoms with E-state index in [4.69, 9.17) is 0 Å². The summed E-state index contributed by atoms with van der Waals surface area (Å²) in [6.45, 7) is 0.